The number of aliphatic hydroxyl groups excluding tert-OH is 2. The van der Waals surface area contributed by atoms with Crippen molar-refractivity contribution in [2.45, 2.75) is 0 Å². The third-order valence-electron chi connectivity index (χ3n) is 3.92. The highest BCUT2D eigenvalue weighted by atomic mass is 16.6. The molecule has 0 aromatic heterocycles. The van der Waals surface area contributed by atoms with Crippen LogP contribution < -0.4 is 5.32 Å². The maximum atomic E-state index is 8.55. The highest BCUT2D eigenvalue weighted by molar-refractivity contribution is 4.45. The van der Waals surface area contributed by atoms with E-state index in [1.165, 1.54) is 0 Å². The van der Waals surface area contributed by atoms with Crippen LogP contribution in [0.4, 0.5) is 0 Å². The first-order valence-electron chi connectivity index (χ1n) is 12.0. The van der Waals surface area contributed by atoms with E-state index in [4.69, 9.17) is 52.8 Å². The predicted octanol–water partition coefficient (Wildman–Crippen LogP) is -1.29. The number of nitrogens with one attached hydrogen (secondary N) is 1. The van der Waals surface area contributed by atoms with Crippen molar-refractivity contribution >= 4 is 0 Å². The fourth-order valence-corrected chi connectivity index (χ4v) is 2.29. The Morgan fingerprint density at radius 3 is 0.735 bits per heavy atom. The highest BCUT2D eigenvalue weighted by Gasteiger charge is 1.95. The molecule has 0 fully saturated rings. The first kappa shape index (κ1) is 33.5. The smallest absolute Gasteiger partial charge is 0.0701 e. The third kappa shape index (κ3) is 31.5. The molecule has 0 spiro atoms. The molecule has 0 radical (unpaired) electrons. The maximum absolute atomic E-state index is 8.55. The summed E-state index contributed by atoms with van der Waals surface area (Å²) in [5.41, 5.74) is 0. The molecule has 0 aliphatic rings. The molecule has 0 atom stereocenters. The van der Waals surface area contributed by atoms with E-state index in [0.717, 1.165) is 13.1 Å². The van der Waals surface area contributed by atoms with Crippen LogP contribution in [0.1, 0.15) is 0 Å². The van der Waals surface area contributed by atoms with Gasteiger partial charge in [-0.1, -0.05) is 0 Å². The van der Waals surface area contributed by atoms with Gasteiger partial charge in [0.1, 0.15) is 0 Å². The van der Waals surface area contributed by atoms with Crippen molar-refractivity contribution in [3.05, 3.63) is 0 Å². The second kappa shape index (κ2) is 32.5. The van der Waals surface area contributed by atoms with Gasteiger partial charge in [-0.3, -0.25) is 0 Å². The van der Waals surface area contributed by atoms with Crippen molar-refractivity contribution in [1.82, 2.24) is 5.32 Å². The van der Waals surface area contributed by atoms with E-state index >= 15 is 0 Å². The standard InChI is InChI=1S/C22H47NO11/c24-3-7-28-11-9-26-5-1-23-2-6-27-10-13-30-15-17-32-19-21-34-22-20-33-18-16-31-14-12-29-8-4-25/h23-25H,1-22H2. The number of hydrogen-bond acceptors (Lipinski definition) is 12. The Bertz CT molecular complexity index is 325. The minimum absolute atomic E-state index is 0.0282. The minimum Gasteiger partial charge on any atom is -0.394 e. The molecule has 0 unspecified atom stereocenters. The van der Waals surface area contributed by atoms with Crippen molar-refractivity contribution in [1.29, 1.82) is 0 Å². The Balaban J connectivity index is 2.99. The molecule has 3 N–H and O–H groups in total. The second-order valence-electron chi connectivity index (χ2n) is 6.71. The second-order valence-corrected chi connectivity index (χ2v) is 6.71. The molecule has 12 heteroatoms. The Hall–Kier alpha value is -0.480. The van der Waals surface area contributed by atoms with Gasteiger partial charge in [0.05, 0.1) is 132 Å². The lowest BCUT2D eigenvalue weighted by Crippen LogP contribution is -2.25. The minimum atomic E-state index is 0.0282. The molecule has 0 aliphatic heterocycles. The van der Waals surface area contributed by atoms with Crippen molar-refractivity contribution in [3.63, 3.8) is 0 Å². The van der Waals surface area contributed by atoms with Gasteiger partial charge >= 0.3 is 0 Å². The van der Waals surface area contributed by atoms with Gasteiger partial charge in [0.2, 0.25) is 0 Å². The van der Waals surface area contributed by atoms with Crippen molar-refractivity contribution in [3.8, 4) is 0 Å². The van der Waals surface area contributed by atoms with Gasteiger partial charge in [-0.15, -0.1) is 0 Å². The van der Waals surface area contributed by atoms with Crippen LogP contribution in [0.15, 0.2) is 0 Å². The quantitative estimate of drug-likeness (QED) is 0.0975. The van der Waals surface area contributed by atoms with Crippen LogP contribution in [0.2, 0.25) is 0 Å². The summed E-state index contributed by atoms with van der Waals surface area (Å²) in [5, 5.41) is 20.3. The van der Waals surface area contributed by atoms with Crippen LogP contribution in [0.5, 0.6) is 0 Å². The summed E-state index contributed by atoms with van der Waals surface area (Å²) in [6.07, 6.45) is 0. The predicted molar refractivity (Wildman–Crippen MR) is 124 cm³/mol. The molecular weight excluding hydrogens is 454 g/mol. The number of ether oxygens (including phenoxy) is 9. The topological polar surface area (TPSA) is 136 Å². The SMILES string of the molecule is OCCOCCOCCNCCOCCOCCOCCOCCOCCOCCOCCO. The summed E-state index contributed by atoms with van der Waals surface area (Å²) < 4.78 is 48.0. The van der Waals surface area contributed by atoms with E-state index in [0.29, 0.717) is 119 Å². The Morgan fingerprint density at radius 1 is 0.294 bits per heavy atom. The fraction of sp³-hybridized carbons (Fsp3) is 1.00. The first-order chi connectivity index (χ1) is 16.9. The molecular formula is C22H47NO11. The molecule has 0 amide bonds. The molecule has 0 bridgehead atoms. The Kier molecular flexibility index (Phi) is 32.1. The third-order valence-corrected chi connectivity index (χ3v) is 3.92. The van der Waals surface area contributed by atoms with E-state index in [1.807, 2.05) is 0 Å². The van der Waals surface area contributed by atoms with E-state index < -0.39 is 0 Å². The van der Waals surface area contributed by atoms with Crippen LogP contribution in [0.25, 0.3) is 0 Å². The molecule has 0 aromatic carbocycles. The van der Waals surface area contributed by atoms with Gasteiger partial charge in [-0.05, 0) is 0 Å². The van der Waals surface area contributed by atoms with Gasteiger partial charge in [0.25, 0.3) is 0 Å². The normalized spacial score (nSPS) is 11.5. The Labute approximate surface area is 204 Å². The van der Waals surface area contributed by atoms with E-state index in [-0.39, 0.29) is 13.2 Å². The Morgan fingerprint density at radius 2 is 0.500 bits per heavy atom. The average Bonchev–Trinajstić information content (AvgIpc) is 2.85. The summed E-state index contributed by atoms with van der Waals surface area (Å²) in [6, 6.07) is 0. The zero-order chi connectivity index (χ0) is 24.6. The zero-order valence-electron chi connectivity index (χ0n) is 20.6. The van der Waals surface area contributed by atoms with Gasteiger partial charge in [0, 0.05) is 13.1 Å². The zero-order valence-corrected chi connectivity index (χ0v) is 20.6. The van der Waals surface area contributed by atoms with Gasteiger partial charge in [-0.25, -0.2) is 0 Å². The summed E-state index contributed by atoms with van der Waals surface area (Å²) in [5.74, 6) is 0. The summed E-state index contributed by atoms with van der Waals surface area (Å²) >= 11 is 0. The largest absolute Gasteiger partial charge is 0.394 e. The lowest BCUT2D eigenvalue weighted by atomic mass is 10.6. The first-order valence-corrected chi connectivity index (χ1v) is 12.0. The molecule has 0 saturated carbocycles. The molecule has 0 rings (SSSR count). The lowest BCUT2D eigenvalue weighted by Gasteiger charge is -2.09. The number of aliphatic hydroxyl groups is 2. The van der Waals surface area contributed by atoms with E-state index in [9.17, 15) is 0 Å². The van der Waals surface area contributed by atoms with Crippen LogP contribution in [-0.2, 0) is 42.6 Å². The average molecular weight is 502 g/mol. The van der Waals surface area contributed by atoms with Crippen LogP contribution in [0.3, 0.4) is 0 Å². The lowest BCUT2D eigenvalue weighted by molar-refractivity contribution is -0.0214. The maximum Gasteiger partial charge on any atom is 0.0701 e. The van der Waals surface area contributed by atoms with Gasteiger partial charge < -0.3 is 58.2 Å². The van der Waals surface area contributed by atoms with Crippen LogP contribution in [-0.4, -0.2) is 155 Å². The van der Waals surface area contributed by atoms with Crippen molar-refractivity contribution in [2.75, 3.05) is 145 Å². The molecule has 12 nitrogen and oxygen atoms in total. The summed E-state index contributed by atoms with van der Waals surface area (Å²) in [4.78, 5) is 0. The summed E-state index contributed by atoms with van der Waals surface area (Å²) in [7, 11) is 0. The molecule has 206 valence electrons. The molecule has 0 saturated heterocycles. The van der Waals surface area contributed by atoms with Crippen LogP contribution in [0, 0.1) is 0 Å². The number of rotatable bonds is 31. The van der Waals surface area contributed by atoms with Crippen molar-refractivity contribution in [2.24, 2.45) is 0 Å². The molecule has 0 aromatic rings. The highest BCUT2D eigenvalue weighted by Crippen LogP contribution is 1.85. The molecule has 0 heterocycles. The van der Waals surface area contributed by atoms with E-state index in [1.54, 1.807) is 0 Å². The van der Waals surface area contributed by atoms with E-state index in [2.05, 4.69) is 5.32 Å². The van der Waals surface area contributed by atoms with Crippen molar-refractivity contribution < 1.29 is 52.8 Å². The number of hydrogen-bond donors (Lipinski definition) is 3. The fourth-order valence-electron chi connectivity index (χ4n) is 2.29. The van der Waals surface area contributed by atoms with Gasteiger partial charge in [0.15, 0.2) is 0 Å². The van der Waals surface area contributed by atoms with Crippen LogP contribution >= 0.6 is 0 Å². The summed E-state index contributed by atoms with van der Waals surface area (Å²) in [6.45, 7) is 10.7. The molecule has 0 aliphatic carbocycles. The van der Waals surface area contributed by atoms with Gasteiger partial charge in [-0.2, -0.15) is 0 Å². The monoisotopic (exact) mass is 501 g/mol. The molecule has 34 heavy (non-hydrogen) atoms.